The number of hydrogen-bond donors (Lipinski definition) is 1. The zero-order valence-corrected chi connectivity index (χ0v) is 10.3. The van der Waals surface area contributed by atoms with E-state index in [0.29, 0.717) is 12.5 Å². The van der Waals surface area contributed by atoms with Crippen LogP contribution < -0.4 is 5.73 Å². The Bertz CT molecular complexity index is 445. The highest BCUT2D eigenvalue weighted by atomic mass is 14.5. The zero-order chi connectivity index (χ0) is 12.1. The molecule has 0 saturated carbocycles. The van der Waals surface area contributed by atoms with Gasteiger partial charge in [0.2, 0.25) is 0 Å². The van der Waals surface area contributed by atoms with E-state index in [2.05, 4.69) is 61.5 Å². The predicted octanol–water partition coefficient (Wildman–Crippen LogP) is 3.48. The molecule has 0 radical (unpaired) electrons. The maximum absolute atomic E-state index is 5.73. The number of aryl methyl sites for hydroxylation is 1. The third-order valence-corrected chi connectivity index (χ3v) is 3.14. The largest absolute Gasteiger partial charge is 0.330 e. The summed E-state index contributed by atoms with van der Waals surface area (Å²) in [7, 11) is 0. The third-order valence-electron chi connectivity index (χ3n) is 3.14. The summed E-state index contributed by atoms with van der Waals surface area (Å²) in [6.45, 7) is 2.83. The van der Waals surface area contributed by atoms with Gasteiger partial charge in [0.15, 0.2) is 0 Å². The van der Waals surface area contributed by atoms with Crippen molar-refractivity contribution in [3.63, 3.8) is 0 Å². The quantitative estimate of drug-likeness (QED) is 0.847. The van der Waals surface area contributed by atoms with Gasteiger partial charge in [-0.25, -0.2) is 0 Å². The Balaban J connectivity index is 2.32. The summed E-state index contributed by atoms with van der Waals surface area (Å²) in [5.74, 6) is 0.418. The fourth-order valence-electron chi connectivity index (χ4n) is 2.18. The molecule has 2 aromatic rings. The first-order valence-corrected chi connectivity index (χ1v) is 6.13. The summed E-state index contributed by atoms with van der Waals surface area (Å²) in [4.78, 5) is 0. The van der Waals surface area contributed by atoms with Gasteiger partial charge in [-0.3, -0.25) is 0 Å². The Morgan fingerprint density at radius 3 is 2.06 bits per heavy atom. The molecule has 1 heteroatoms. The van der Waals surface area contributed by atoms with E-state index in [4.69, 9.17) is 5.73 Å². The van der Waals surface area contributed by atoms with Crippen molar-refractivity contribution < 1.29 is 0 Å². The molecule has 0 fully saturated rings. The molecule has 17 heavy (non-hydrogen) atoms. The van der Waals surface area contributed by atoms with E-state index in [1.165, 1.54) is 16.7 Å². The molecule has 1 atom stereocenters. The highest BCUT2D eigenvalue weighted by Gasteiger charge is 2.12. The van der Waals surface area contributed by atoms with Gasteiger partial charge < -0.3 is 5.73 Å². The second-order valence-electron chi connectivity index (χ2n) is 4.45. The first kappa shape index (κ1) is 11.9. The van der Waals surface area contributed by atoms with Gasteiger partial charge in [-0.05, 0) is 31.0 Å². The topological polar surface area (TPSA) is 26.0 Å². The molecule has 2 aromatic carbocycles. The Kier molecular flexibility index (Phi) is 3.94. The van der Waals surface area contributed by atoms with E-state index in [9.17, 15) is 0 Å². The zero-order valence-electron chi connectivity index (χ0n) is 10.3. The molecule has 1 unspecified atom stereocenters. The number of rotatable bonds is 4. The highest BCUT2D eigenvalue weighted by Crippen LogP contribution is 2.27. The van der Waals surface area contributed by atoms with E-state index >= 15 is 0 Å². The minimum absolute atomic E-state index is 0.418. The average molecular weight is 225 g/mol. The van der Waals surface area contributed by atoms with Gasteiger partial charge in [0.05, 0.1) is 0 Å². The number of nitrogens with two attached hydrogens (primary N) is 1. The molecule has 0 heterocycles. The fraction of sp³-hybridized carbons (Fsp3) is 0.250. The summed E-state index contributed by atoms with van der Waals surface area (Å²) in [6.07, 6.45) is 0.993. The average Bonchev–Trinajstić information content (AvgIpc) is 2.38. The van der Waals surface area contributed by atoms with Gasteiger partial charge in [-0.1, -0.05) is 60.2 Å². The van der Waals surface area contributed by atoms with Crippen molar-refractivity contribution in [1.29, 1.82) is 0 Å². The Labute approximate surface area is 103 Å². The smallest absolute Gasteiger partial charge is 0.0101 e. The molecule has 1 nitrogen and oxygen atoms in total. The van der Waals surface area contributed by atoms with Crippen molar-refractivity contribution in [1.82, 2.24) is 0 Å². The summed E-state index contributed by atoms with van der Waals surface area (Å²) in [6, 6.07) is 19.4. The van der Waals surface area contributed by atoms with Crippen molar-refractivity contribution >= 4 is 0 Å². The molecule has 88 valence electrons. The van der Waals surface area contributed by atoms with Gasteiger partial charge in [0.25, 0.3) is 0 Å². The van der Waals surface area contributed by atoms with Gasteiger partial charge in [-0.2, -0.15) is 0 Å². The molecule has 0 spiro atoms. The molecule has 0 amide bonds. The van der Waals surface area contributed by atoms with Crippen LogP contribution in [0.15, 0.2) is 54.6 Å². The van der Waals surface area contributed by atoms with Crippen LogP contribution in [0.5, 0.6) is 0 Å². The van der Waals surface area contributed by atoms with E-state index in [1.807, 2.05) is 0 Å². The monoisotopic (exact) mass is 225 g/mol. The van der Waals surface area contributed by atoms with Crippen molar-refractivity contribution in [2.75, 3.05) is 6.54 Å². The highest BCUT2D eigenvalue weighted by molar-refractivity contribution is 5.33. The molecule has 2 rings (SSSR count). The standard InChI is InChI=1S/C16H19N/c1-13-7-9-15(10-8-13)16(11-12-17)14-5-3-2-4-6-14/h2-10,16H,11-12,17H2,1H3. The van der Waals surface area contributed by atoms with Gasteiger partial charge >= 0.3 is 0 Å². The van der Waals surface area contributed by atoms with Crippen molar-refractivity contribution in [2.45, 2.75) is 19.3 Å². The molecule has 0 aliphatic carbocycles. The van der Waals surface area contributed by atoms with Crippen molar-refractivity contribution in [3.8, 4) is 0 Å². The number of benzene rings is 2. The minimum Gasteiger partial charge on any atom is -0.330 e. The Morgan fingerprint density at radius 2 is 1.47 bits per heavy atom. The Hall–Kier alpha value is -1.60. The van der Waals surface area contributed by atoms with E-state index in [0.717, 1.165) is 6.42 Å². The normalized spacial score (nSPS) is 12.4. The van der Waals surface area contributed by atoms with Crippen LogP contribution in [0, 0.1) is 6.92 Å². The van der Waals surface area contributed by atoms with Crippen molar-refractivity contribution in [2.24, 2.45) is 5.73 Å². The molecule has 0 bridgehead atoms. The van der Waals surface area contributed by atoms with Crippen LogP contribution in [-0.4, -0.2) is 6.54 Å². The van der Waals surface area contributed by atoms with Crippen LogP contribution >= 0.6 is 0 Å². The van der Waals surface area contributed by atoms with Crippen LogP contribution in [0.1, 0.15) is 29.0 Å². The van der Waals surface area contributed by atoms with Gasteiger partial charge in [-0.15, -0.1) is 0 Å². The lowest BCUT2D eigenvalue weighted by Crippen LogP contribution is -2.08. The molecule has 0 saturated heterocycles. The van der Waals surface area contributed by atoms with Crippen LogP contribution in [0.4, 0.5) is 0 Å². The summed E-state index contributed by atoms with van der Waals surface area (Å²) in [5, 5.41) is 0. The Morgan fingerprint density at radius 1 is 0.882 bits per heavy atom. The second kappa shape index (κ2) is 5.65. The molecule has 0 aromatic heterocycles. The molecular weight excluding hydrogens is 206 g/mol. The van der Waals surface area contributed by atoms with Crippen molar-refractivity contribution in [3.05, 3.63) is 71.3 Å². The van der Waals surface area contributed by atoms with Crippen LogP contribution in [0.3, 0.4) is 0 Å². The van der Waals surface area contributed by atoms with Gasteiger partial charge in [0, 0.05) is 5.92 Å². The third kappa shape index (κ3) is 2.95. The molecule has 0 aliphatic rings. The summed E-state index contributed by atoms with van der Waals surface area (Å²) >= 11 is 0. The maximum atomic E-state index is 5.73. The first-order chi connectivity index (χ1) is 8.31. The second-order valence-corrected chi connectivity index (χ2v) is 4.45. The maximum Gasteiger partial charge on any atom is 0.0101 e. The summed E-state index contributed by atoms with van der Waals surface area (Å²) in [5.41, 5.74) is 9.74. The fourth-order valence-corrected chi connectivity index (χ4v) is 2.18. The summed E-state index contributed by atoms with van der Waals surface area (Å²) < 4.78 is 0. The lowest BCUT2D eigenvalue weighted by atomic mass is 9.88. The van der Waals surface area contributed by atoms with Gasteiger partial charge in [0.1, 0.15) is 0 Å². The van der Waals surface area contributed by atoms with E-state index < -0.39 is 0 Å². The van der Waals surface area contributed by atoms with Crippen LogP contribution in [-0.2, 0) is 0 Å². The van der Waals surface area contributed by atoms with Crippen LogP contribution in [0.2, 0.25) is 0 Å². The first-order valence-electron chi connectivity index (χ1n) is 6.13. The molecule has 0 aliphatic heterocycles. The number of hydrogen-bond acceptors (Lipinski definition) is 1. The lowest BCUT2D eigenvalue weighted by molar-refractivity contribution is 0.726. The minimum atomic E-state index is 0.418. The van der Waals surface area contributed by atoms with E-state index in [-0.39, 0.29) is 0 Å². The lowest BCUT2D eigenvalue weighted by Gasteiger charge is -2.17. The SMILES string of the molecule is Cc1ccc(C(CCN)c2ccccc2)cc1. The predicted molar refractivity (Wildman–Crippen MR) is 73.1 cm³/mol. The molecular formula is C16H19N. The molecule has 2 N–H and O–H groups in total. The van der Waals surface area contributed by atoms with Crippen LogP contribution in [0.25, 0.3) is 0 Å². The van der Waals surface area contributed by atoms with E-state index in [1.54, 1.807) is 0 Å².